The van der Waals surface area contributed by atoms with Crippen LogP contribution in [-0.4, -0.2) is 21.6 Å². The fourth-order valence-corrected chi connectivity index (χ4v) is 3.81. The topological polar surface area (TPSA) is 29.9 Å². The summed E-state index contributed by atoms with van der Waals surface area (Å²) in [5.41, 5.74) is 1.36. The Morgan fingerprint density at radius 1 is 1.24 bits per heavy atom. The third-order valence-corrected chi connectivity index (χ3v) is 5.09. The molecule has 0 aliphatic rings. The molecule has 2 atom stereocenters. The fourth-order valence-electron chi connectivity index (χ4n) is 2.51. The van der Waals surface area contributed by atoms with Crippen LogP contribution in [0, 0.1) is 5.92 Å². The summed E-state index contributed by atoms with van der Waals surface area (Å²) in [6.45, 7) is 7.72. The molecule has 114 valence electrons. The van der Waals surface area contributed by atoms with Crippen LogP contribution in [0.15, 0.2) is 47.6 Å². The smallest absolute Gasteiger partial charge is 0.0625 e. The number of nitrogens with zero attached hydrogens (tertiary/aromatic N) is 2. The van der Waals surface area contributed by atoms with Crippen LogP contribution < -0.4 is 5.32 Å². The summed E-state index contributed by atoms with van der Waals surface area (Å²) in [5, 5.41) is 8.41. The summed E-state index contributed by atoms with van der Waals surface area (Å²) in [4.78, 5) is 1.23. The molecule has 0 fully saturated rings. The Morgan fingerprint density at radius 3 is 2.48 bits per heavy atom. The molecule has 21 heavy (non-hydrogen) atoms. The van der Waals surface area contributed by atoms with E-state index in [4.69, 9.17) is 0 Å². The first-order valence-corrected chi connectivity index (χ1v) is 8.43. The molecule has 0 saturated heterocycles. The monoisotopic (exact) mass is 303 g/mol. The zero-order valence-corrected chi connectivity index (χ0v) is 14.1. The molecule has 1 aromatic carbocycles. The quantitative estimate of drug-likeness (QED) is 0.787. The van der Waals surface area contributed by atoms with Crippen molar-refractivity contribution in [2.24, 2.45) is 13.0 Å². The van der Waals surface area contributed by atoms with Crippen LogP contribution in [0.4, 0.5) is 0 Å². The first-order chi connectivity index (χ1) is 10.1. The van der Waals surface area contributed by atoms with Crippen molar-refractivity contribution in [3.8, 4) is 0 Å². The van der Waals surface area contributed by atoms with E-state index in [1.165, 1.54) is 10.5 Å². The van der Waals surface area contributed by atoms with E-state index in [2.05, 4.69) is 67.7 Å². The minimum Gasteiger partial charge on any atom is -0.309 e. The Labute approximate surface area is 132 Å². The lowest BCUT2D eigenvalue weighted by Gasteiger charge is -2.30. The van der Waals surface area contributed by atoms with Gasteiger partial charge in [-0.05, 0) is 18.0 Å². The Kier molecular flexibility index (Phi) is 5.88. The average Bonchev–Trinajstić information content (AvgIpc) is 2.89. The van der Waals surface area contributed by atoms with E-state index in [0.717, 1.165) is 6.54 Å². The highest BCUT2D eigenvalue weighted by Crippen LogP contribution is 2.36. The van der Waals surface area contributed by atoms with Crippen LogP contribution in [0.25, 0.3) is 0 Å². The van der Waals surface area contributed by atoms with Gasteiger partial charge in [0.05, 0.1) is 6.20 Å². The molecule has 4 heteroatoms. The molecule has 3 nitrogen and oxygen atoms in total. The van der Waals surface area contributed by atoms with Crippen molar-refractivity contribution in [1.29, 1.82) is 0 Å². The van der Waals surface area contributed by atoms with Crippen LogP contribution in [0.5, 0.6) is 0 Å². The van der Waals surface area contributed by atoms with E-state index in [0.29, 0.717) is 17.2 Å². The van der Waals surface area contributed by atoms with Gasteiger partial charge in [0.15, 0.2) is 0 Å². The zero-order chi connectivity index (χ0) is 15.2. The van der Waals surface area contributed by atoms with E-state index in [-0.39, 0.29) is 0 Å². The molecular formula is C17H25N3S. The summed E-state index contributed by atoms with van der Waals surface area (Å²) in [7, 11) is 1.97. The van der Waals surface area contributed by atoms with Gasteiger partial charge in [-0.2, -0.15) is 5.10 Å². The van der Waals surface area contributed by atoms with Gasteiger partial charge in [0.25, 0.3) is 0 Å². The number of rotatable bonds is 7. The van der Waals surface area contributed by atoms with Crippen molar-refractivity contribution in [1.82, 2.24) is 15.1 Å². The number of benzene rings is 1. The highest BCUT2D eigenvalue weighted by molar-refractivity contribution is 8.00. The van der Waals surface area contributed by atoms with Crippen molar-refractivity contribution in [2.45, 2.75) is 37.0 Å². The van der Waals surface area contributed by atoms with Gasteiger partial charge in [-0.3, -0.25) is 4.68 Å². The van der Waals surface area contributed by atoms with Gasteiger partial charge in [0.2, 0.25) is 0 Å². The maximum Gasteiger partial charge on any atom is 0.0625 e. The van der Waals surface area contributed by atoms with E-state index in [1.807, 2.05) is 29.7 Å². The van der Waals surface area contributed by atoms with Gasteiger partial charge >= 0.3 is 0 Å². The minimum absolute atomic E-state index is 0.349. The van der Waals surface area contributed by atoms with Gasteiger partial charge in [-0.15, -0.1) is 11.8 Å². The highest BCUT2D eigenvalue weighted by Gasteiger charge is 2.26. The summed E-state index contributed by atoms with van der Waals surface area (Å²) in [6.07, 6.45) is 4.04. The van der Waals surface area contributed by atoms with Crippen LogP contribution in [0.3, 0.4) is 0 Å². The third-order valence-electron chi connectivity index (χ3n) is 3.52. The SMILES string of the molecule is CCNC(c1ccccc1)C(Sc1cnn(C)c1)C(C)C. The summed E-state index contributed by atoms with van der Waals surface area (Å²) in [5.74, 6) is 0.569. The second-order valence-electron chi connectivity index (χ2n) is 5.62. The number of aryl methyl sites for hydroxylation is 1. The predicted molar refractivity (Wildman–Crippen MR) is 90.6 cm³/mol. The van der Waals surface area contributed by atoms with Crippen molar-refractivity contribution in [2.75, 3.05) is 6.54 Å². The number of aromatic nitrogens is 2. The molecule has 0 aliphatic heterocycles. The lowest BCUT2D eigenvalue weighted by molar-refractivity contribution is 0.453. The molecule has 1 N–H and O–H groups in total. The van der Waals surface area contributed by atoms with Crippen LogP contribution in [0.2, 0.25) is 0 Å². The second kappa shape index (κ2) is 7.66. The second-order valence-corrected chi connectivity index (χ2v) is 6.87. The predicted octanol–water partition coefficient (Wildman–Crippen LogP) is 3.89. The van der Waals surface area contributed by atoms with Gasteiger partial charge in [0, 0.05) is 29.4 Å². The molecule has 0 saturated carbocycles. The van der Waals surface area contributed by atoms with E-state index in [1.54, 1.807) is 0 Å². The first-order valence-electron chi connectivity index (χ1n) is 7.55. The number of nitrogens with one attached hydrogen (secondary N) is 1. The Balaban J connectivity index is 2.24. The largest absolute Gasteiger partial charge is 0.309 e. The summed E-state index contributed by atoms with van der Waals surface area (Å²) in [6, 6.07) is 11.1. The lowest BCUT2D eigenvalue weighted by atomic mass is 9.96. The minimum atomic E-state index is 0.349. The third kappa shape index (κ3) is 4.35. The number of hydrogen-bond acceptors (Lipinski definition) is 3. The fraction of sp³-hybridized carbons (Fsp3) is 0.471. The molecule has 0 amide bonds. The number of hydrogen-bond donors (Lipinski definition) is 1. The zero-order valence-electron chi connectivity index (χ0n) is 13.3. The Morgan fingerprint density at radius 2 is 1.95 bits per heavy atom. The molecule has 1 heterocycles. The summed E-state index contributed by atoms with van der Waals surface area (Å²) >= 11 is 1.91. The molecular weight excluding hydrogens is 278 g/mol. The average molecular weight is 303 g/mol. The molecule has 0 bridgehead atoms. The van der Waals surface area contributed by atoms with Crippen molar-refractivity contribution >= 4 is 11.8 Å². The Hall–Kier alpha value is -1.26. The molecule has 2 rings (SSSR count). The van der Waals surface area contributed by atoms with E-state index >= 15 is 0 Å². The van der Waals surface area contributed by atoms with Gasteiger partial charge < -0.3 is 5.32 Å². The first kappa shape index (κ1) is 16.1. The van der Waals surface area contributed by atoms with Crippen molar-refractivity contribution in [3.05, 3.63) is 48.3 Å². The van der Waals surface area contributed by atoms with Crippen molar-refractivity contribution < 1.29 is 0 Å². The maximum atomic E-state index is 4.28. The number of thioether (sulfide) groups is 1. The highest BCUT2D eigenvalue weighted by atomic mass is 32.2. The molecule has 0 radical (unpaired) electrons. The van der Waals surface area contributed by atoms with Gasteiger partial charge in [-0.1, -0.05) is 51.1 Å². The standard InChI is InChI=1S/C17H25N3S/c1-5-18-16(14-9-7-6-8-10-14)17(13(2)3)21-15-11-19-20(4)12-15/h6-13,16-18H,5H2,1-4H3. The molecule has 0 spiro atoms. The lowest BCUT2D eigenvalue weighted by Crippen LogP contribution is -2.33. The van der Waals surface area contributed by atoms with E-state index < -0.39 is 0 Å². The van der Waals surface area contributed by atoms with Crippen molar-refractivity contribution in [3.63, 3.8) is 0 Å². The van der Waals surface area contributed by atoms with Gasteiger partial charge in [0.1, 0.15) is 0 Å². The Bertz CT molecular complexity index is 536. The molecule has 2 unspecified atom stereocenters. The summed E-state index contributed by atoms with van der Waals surface area (Å²) < 4.78 is 1.87. The molecule has 1 aromatic heterocycles. The normalized spacial score (nSPS) is 14.3. The maximum absolute atomic E-state index is 4.28. The van der Waals surface area contributed by atoms with E-state index in [9.17, 15) is 0 Å². The van der Waals surface area contributed by atoms with Gasteiger partial charge in [-0.25, -0.2) is 0 Å². The van der Waals surface area contributed by atoms with Crippen LogP contribution in [0.1, 0.15) is 32.4 Å². The molecule has 0 aliphatic carbocycles. The van der Waals surface area contributed by atoms with Crippen LogP contribution >= 0.6 is 11.8 Å². The molecule has 2 aromatic rings. The van der Waals surface area contributed by atoms with Crippen LogP contribution in [-0.2, 0) is 7.05 Å².